The molecule has 0 saturated carbocycles. The third kappa shape index (κ3) is 5.09. The molecule has 0 bridgehead atoms. The van der Waals surface area contributed by atoms with Crippen LogP contribution in [0.1, 0.15) is 12.8 Å². The van der Waals surface area contributed by atoms with Crippen molar-refractivity contribution in [1.82, 2.24) is 10.0 Å². The van der Waals surface area contributed by atoms with E-state index in [1.165, 1.54) is 7.11 Å². The minimum Gasteiger partial charge on any atom is -0.384 e. The molecule has 0 aromatic rings. The first-order valence-electron chi connectivity index (χ1n) is 5.53. The van der Waals surface area contributed by atoms with Gasteiger partial charge >= 0.3 is 6.18 Å². The summed E-state index contributed by atoms with van der Waals surface area (Å²) in [6.07, 6.45) is -4.23. The topological polar surface area (TPSA) is 67.4 Å². The van der Waals surface area contributed by atoms with Gasteiger partial charge in [-0.15, -0.1) is 0 Å². The Bertz CT molecular complexity index is 351. The van der Waals surface area contributed by atoms with E-state index in [4.69, 9.17) is 0 Å². The van der Waals surface area contributed by atoms with Crippen LogP contribution in [-0.4, -0.2) is 52.7 Å². The Morgan fingerprint density at radius 1 is 1.39 bits per heavy atom. The van der Waals surface area contributed by atoms with Gasteiger partial charge in [-0.05, 0) is 12.8 Å². The van der Waals surface area contributed by atoms with Crippen molar-refractivity contribution in [1.29, 1.82) is 0 Å². The lowest BCUT2D eigenvalue weighted by Crippen LogP contribution is -2.54. The molecule has 0 aromatic carbocycles. The van der Waals surface area contributed by atoms with Gasteiger partial charge in [0.25, 0.3) is 0 Å². The molecule has 9 heteroatoms. The molecule has 5 nitrogen and oxygen atoms in total. The highest BCUT2D eigenvalue weighted by Crippen LogP contribution is 2.26. The van der Waals surface area contributed by atoms with Gasteiger partial charge in [0.1, 0.15) is 6.04 Å². The van der Waals surface area contributed by atoms with E-state index in [0.29, 0.717) is 0 Å². The van der Waals surface area contributed by atoms with Gasteiger partial charge in [0.2, 0.25) is 10.0 Å². The van der Waals surface area contributed by atoms with Gasteiger partial charge in [-0.2, -0.15) is 13.2 Å². The fraction of sp³-hybridized carbons (Fsp3) is 1.00. The van der Waals surface area contributed by atoms with Crippen molar-refractivity contribution in [2.45, 2.75) is 31.1 Å². The third-order valence-electron chi connectivity index (χ3n) is 2.71. The smallest absolute Gasteiger partial charge is 0.384 e. The number of hydrogen-bond acceptors (Lipinski definition) is 4. The van der Waals surface area contributed by atoms with Crippen LogP contribution in [0.3, 0.4) is 0 Å². The molecule has 1 aliphatic heterocycles. The second-order valence-corrected chi connectivity index (χ2v) is 6.08. The van der Waals surface area contributed by atoms with Crippen molar-refractivity contribution in [3.05, 3.63) is 0 Å². The number of ether oxygens (including phenoxy) is 1. The number of alkyl halides is 3. The van der Waals surface area contributed by atoms with Crippen LogP contribution in [0.5, 0.6) is 0 Å². The van der Waals surface area contributed by atoms with Crippen molar-refractivity contribution >= 4 is 10.0 Å². The van der Waals surface area contributed by atoms with E-state index < -0.39 is 28.3 Å². The molecule has 1 fully saturated rings. The highest BCUT2D eigenvalue weighted by Gasteiger charge is 2.41. The SMILES string of the molecule is COCCS(=O)(=O)NC1CCC(C(F)(F)F)NC1. The highest BCUT2D eigenvalue weighted by molar-refractivity contribution is 7.89. The van der Waals surface area contributed by atoms with Crippen LogP contribution in [-0.2, 0) is 14.8 Å². The fourth-order valence-corrected chi connectivity index (χ4v) is 2.96. The van der Waals surface area contributed by atoms with Crippen molar-refractivity contribution in [3.63, 3.8) is 0 Å². The number of piperidine rings is 1. The lowest BCUT2D eigenvalue weighted by Gasteiger charge is -2.31. The third-order valence-corrected chi connectivity index (χ3v) is 4.11. The number of hydrogen-bond donors (Lipinski definition) is 2. The summed E-state index contributed by atoms with van der Waals surface area (Å²) < 4.78 is 67.1. The van der Waals surface area contributed by atoms with Gasteiger partial charge < -0.3 is 10.1 Å². The molecule has 1 saturated heterocycles. The largest absolute Gasteiger partial charge is 0.403 e. The Morgan fingerprint density at radius 2 is 2.06 bits per heavy atom. The predicted molar refractivity (Wildman–Crippen MR) is 59.7 cm³/mol. The van der Waals surface area contributed by atoms with E-state index in [2.05, 4.69) is 14.8 Å². The summed E-state index contributed by atoms with van der Waals surface area (Å²) in [4.78, 5) is 0. The highest BCUT2D eigenvalue weighted by atomic mass is 32.2. The van der Waals surface area contributed by atoms with E-state index >= 15 is 0 Å². The van der Waals surface area contributed by atoms with Gasteiger partial charge in [0.15, 0.2) is 0 Å². The van der Waals surface area contributed by atoms with Crippen molar-refractivity contribution in [2.75, 3.05) is 26.0 Å². The van der Waals surface area contributed by atoms with Crippen LogP contribution < -0.4 is 10.0 Å². The lowest BCUT2D eigenvalue weighted by molar-refractivity contribution is -0.160. The zero-order valence-electron chi connectivity index (χ0n) is 9.96. The molecule has 0 amide bonds. The normalized spacial score (nSPS) is 26.2. The van der Waals surface area contributed by atoms with Gasteiger partial charge in [-0.3, -0.25) is 0 Å². The molecule has 2 unspecified atom stereocenters. The molecule has 1 rings (SSSR count). The first-order valence-corrected chi connectivity index (χ1v) is 7.19. The van der Waals surface area contributed by atoms with Gasteiger partial charge in [0, 0.05) is 19.7 Å². The molecule has 0 spiro atoms. The van der Waals surface area contributed by atoms with Gasteiger partial charge in [-0.1, -0.05) is 0 Å². The minimum atomic E-state index is -4.28. The van der Waals surface area contributed by atoms with E-state index in [1.807, 2.05) is 0 Å². The Balaban J connectivity index is 2.40. The Morgan fingerprint density at radius 3 is 2.50 bits per heavy atom. The summed E-state index contributed by atoms with van der Waals surface area (Å²) in [7, 11) is -2.11. The van der Waals surface area contributed by atoms with Crippen molar-refractivity contribution < 1.29 is 26.3 Å². The maximum atomic E-state index is 12.4. The number of sulfonamides is 1. The van der Waals surface area contributed by atoms with Gasteiger partial charge in [0.05, 0.1) is 12.4 Å². The summed E-state index contributed by atoms with van der Waals surface area (Å²) in [5.41, 5.74) is 0. The number of methoxy groups -OCH3 is 1. The first-order chi connectivity index (χ1) is 8.24. The molecule has 1 heterocycles. The number of nitrogens with one attached hydrogen (secondary N) is 2. The molecular formula is C9H17F3N2O3S. The molecule has 0 radical (unpaired) electrons. The predicted octanol–water partition coefficient (Wildman–Crippen LogP) is 0.235. The summed E-state index contributed by atoms with van der Waals surface area (Å²) in [6.45, 7) is 0.0387. The lowest BCUT2D eigenvalue weighted by atomic mass is 10.0. The number of halogens is 3. The average Bonchev–Trinajstić information content (AvgIpc) is 2.25. The van der Waals surface area contributed by atoms with E-state index in [0.717, 1.165) is 0 Å². The quantitative estimate of drug-likeness (QED) is 0.761. The Hall–Kier alpha value is -0.380. The second kappa shape index (κ2) is 6.18. The van der Waals surface area contributed by atoms with Crippen LogP contribution in [0.4, 0.5) is 13.2 Å². The standard InChI is InChI=1S/C9H17F3N2O3S/c1-17-4-5-18(15,16)14-7-2-3-8(13-6-7)9(10,11)12/h7-8,13-14H,2-6H2,1H3. The average molecular weight is 290 g/mol. The van der Waals surface area contributed by atoms with Crippen LogP contribution in [0.15, 0.2) is 0 Å². The van der Waals surface area contributed by atoms with Crippen molar-refractivity contribution in [2.24, 2.45) is 0 Å². The molecule has 18 heavy (non-hydrogen) atoms. The summed E-state index contributed by atoms with van der Waals surface area (Å²) in [5, 5.41) is 2.30. The minimum absolute atomic E-state index is 0.0175. The van der Waals surface area contributed by atoms with E-state index in [-0.39, 0.29) is 31.7 Å². The maximum absolute atomic E-state index is 12.4. The Labute approximate surface area is 104 Å². The van der Waals surface area contributed by atoms with Crippen LogP contribution >= 0.6 is 0 Å². The Kier molecular flexibility index (Phi) is 5.38. The summed E-state index contributed by atoms with van der Waals surface area (Å²) in [6, 6.07) is -2.04. The van der Waals surface area contributed by atoms with Crippen molar-refractivity contribution in [3.8, 4) is 0 Å². The molecule has 1 aliphatic rings. The van der Waals surface area contributed by atoms with E-state index in [1.54, 1.807) is 0 Å². The zero-order valence-corrected chi connectivity index (χ0v) is 10.8. The van der Waals surface area contributed by atoms with Gasteiger partial charge in [-0.25, -0.2) is 13.1 Å². The monoisotopic (exact) mass is 290 g/mol. The fourth-order valence-electron chi connectivity index (χ4n) is 1.74. The molecule has 2 N–H and O–H groups in total. The first kappa shape index (κ1) is 15.7. The summed E-state index contributed by atoms with van der Waals surface area (Å²) >= 11 is 0. The van der Waals surface area contributed by atoms with Crippen LogP contribution in [0.2, 0.25) is 0 Å². The summed E-state index contributed by atoms with van der Waals surface area (Å²) in [5.74, 6) is -0.192. The zero-order chi connectivity index (χ0) is 13.8. The van der Waals surface area contributed by atoms with E-state index in [9.17, 15) is 21.6 Å². The molecule has 2 atom stereocenters. The van der Waals surface area contributed by atoms with Crippen LogP contribution in [0, 0.1) is 0 Å². The second-order valence-electron chi connectivity index (χ2n) is 4.21. The molecule has 108 valence electrons. The van der Waals surface area contributed by atoms with Crippen LogP contribution in [0.25, 0.3) is 0 Å². The number of rotatable bonds is 5. The maximum Gasteiger partial charge on any atom is 0.403 e. The molecule has 0 aromatic heterocycles. The molecule has 0 aliphatic carbocycles. The molecular weight excluding hydrogens is 273 g/mol.